The Kier molecular flexibility index (Phi) is 2.90. The molecule has 0 spiro atoms. The van der Waals surface area contributed by atoms with Gasteiger partial charge in [-0.1, -0.05) is 6.07 Å². The summed E-state index contributed by atoms with van der Waals surface area (Å²) < 4.78 is 18.8. The van der Waals surface area contributed by atoms with Gasteiger partial charge in [0.15, 0.2) is 5.43 Å². The van der Waals surface area contributed by atoms with Gasteiger partial charge in [0.2, 0.25) is 0 Å². The van der Waals surface area contributed by atoms with E-state index in [4.69, 9.17) is 4.42 Å². The molecule has 3 rings (SSSR count). The third-order valence-corrected chi connectivity index (χ3v) is 3.29. The predicted molar refractivity (Wildman–Crippen MR) is 77.4 cm³/mol. The number of fused-ring (bicyclic) bond motifs is 1. The maximum atomic E-state index is 13.0. The number of rotatable bonds is 1. The van der Waals surface area contributed by atoms with Crippen LogP contribution >= 0.6 is 0 Å². The Balaban J connectivity index is 2.29. The fourth-order valence-electron chi connectivity index (χ4n) is 2.37. The summed E-state index contributed by atoms with van der Waals surface area (Å²) in [5.74, 6) is 0.137. The van der Waals surface area contributed by atoms with E-state index in [-0.39, 0.29) is 11.2 Å². The van der Waals surface area contributed by atoms with Crippen LogP contribution in [0.3, 0.4) is 0 Å². The minimum absolute atomic E-state index is 0.0858. The first-order valence-corrected chi connectivity index (χ1v) is 6.35. The van der Waals surface area contributed by atoms with Gasteiger partial charge in [-0.3, -0.25) is 4.79 Å². The second kappa shape index (κ2) is 4.60. The Morgan fingerprint density at radius 3 is 2.40 bits per heavy atom. The second-order valence-electron chi connectivity index (χ2n) is 4.94. The molecule has 0 aliphatic rings. The monoisotopic (exact) mass is 268 g/mol. The van der Waals surface area contributed by atoms with Crippen LogP contribution in [0.25, 0.3) is 22.3 Å². The molecule has 0 bridgehead atoms. The van der Waals surface area contributed by atoms with Crippen molar-refractivity contribution >= 4 is 11.0 Å². The van der Waals surface area contributed by atoms with Crippen molar-refractivity contribution in [2.24, 2.45) is 0 Å². The van der Waals surface area contributed by atoms with Gasteiger partial charge in [-0.15, -0.1) is 0 Å². The summed E-state index contributed by atoms with van der Waals surface area (Å²) in [7, 11) is 0. The molecule has 20 heavy (non-hydrogen) atoms. The Labute approximate surface area is 115 Å². The molecule has 0 aliphatic carbocycles. The lowest BCUT2D eigenvalue weighted by Crippen LogP contribution is -2.01. The van der Waals surface area contributed by atoms with E-state index < -0.39 is 0 Å². The Morgan fingerprint density at radius 2 is 1.70 bits per heavy atom. The van der Waals surface area contributed by atoms with Crippen LogP contribution in [0.15, 0.2) is 51.7 Å². The van der Waals surface area contributed by atoms with Gasteiger partial charge in [0.05, 0.1) is 5.39 Å². The fraction of sp³-hybridized carbons (Fsp3) is 0.118. The van der Waals surface area contributed by atoms with Gasteiger partial charge in [-0.25, -0.2) is 4.39 Å². The summed E-state index contributed by atoms with van der Waals surface area (Å²) in [6, 6.07) is 11.1. The van der Waals surface area contributed by atoms with Crippen molar-refractivity contribution in [2.45, 2.75) is 13.8 Å². The summed E-state index contributed by atoms with van der Waals surface area (Å²) in [6.07, 6.45) is 0. The Hall–Kier alpha value is -2.42. The third kappa shape index (κ3) is 2.11. The van der Waals surface area contributed by atoms with Crippen LogP contribution in [0.2, 0.25) is 0 Å². The number of halogens is 1. The molecule has 0 amide bonds. The zero-order valence-electron chi connectivity index (χ0n) is 11.2. The summed E-state index contributed by atoms with van der Waals surface area (Å²) in [6.45, 7) is 3.85. The van der Waals surface area contributed by atoms with E-state index in [0.717, 1.165) is 11.1 Å². The summed E-state index contributed by atoms with van der Waals surface area (Å²) >= 11 is 0. The summed E-state index contributed by atoms with van der Waals surface area (Å²) in [4.78, 5) is 12.2. The van der Waals surface area contributed by atoms with Gasteiger partial charge < -0.3 is 4.42 Å². The van der Waals surface area contributed by atoms with Crippen molar-refractivity contribution in [1.82, 2.24) is 0 Å². The molecule has 3 aromatic rings. The maximum absolute atomic E-state index is 13.0. The van der Waals surface area contributed by atoms with Gasteiger partial charge in [0.25, 0.3) is 0 Å². The molecule has 100 valence electrons. The molecule has 2 nitrogen and oxygen atoms in total. The van der Waals surface area contributed by atoms with Gasteiger partial charge >= 0.3 is 0 Å². The van der Waals surface area contributed by atoms with Gasteiger partial charge in [-0.05, 0) is 55.3 Å². The maximum Gasteiger partial charge on any atom is 0.193 e. The van der Waals surface area contributed by atoms with E-state index >= 15 is 0 Å². The van der Waals surface area contributed by atoms with Crippen molar-refractivity contribution in [3.05, 3.63) is 69.6 Å². The van der Waals surface area contributed by atoms with Gasteiger partial charge in [0.1, 0.15) is 17.2 Å². The molecule has 0 unspecified atom stereocenters. The normalized spacial score (nSPS) is 10.9. The molecular formula is C17H13FO2. The highest BCUT2D eigenvalue weighted by atomic mass is 19.1. The number of aryl methyl sites for hydroxylation is 2. The molecule has 0 aliphatic heterocycles. The van der Waals surface area contributed by atoms with Gasteiger partial charge in [0, 0.05) is 11.6 Å². The van der Waals surface area contributed by atoms with Crippen molar-refractivity contribution < 1.29 is 8.81 Å². The standard InChI is InChI=1S/C17H13FO2/c1-10-7-11(2)17-14(8-10)15(19)9-16(20-17)12-3-5-13(18)6-4-12/h3-9H,1-2H3. The topological polar surface area (TPSA) is 30.2 Å². The molecule has 0 saturated carbocycles. The number of hydrogen-bond acceptors (Lipinski definition) is 2. The minimum atomic E-state index is -0.316. The van der Waals surface area contributed by atoms with Crippen molar-refractivity contribution in [3.8, 4) is 11.3 Å². The summed E-state index contributed by atoms with van der Waals surface area (Å²) in [5, 5.41) is 0.577. The first-order valence-electron chi connectivity index (χ1n) is 6.35. The van der Waals surface area contributed by atoms with E-state index in [1.54, 1.807) is 12.1 Å². The van der Waals surface area contributed by atoms with Crippen LogP contribution < -0.4 is 5.43 Å². The van der Waals surface area contributed by atoms with E-state index in [1.807, 2.05) is 26.0 Å². The average molecular weight is 268 g/mol. The fourth-order valence-corrected chi connectivity index (χ4v) is 2.37. The third-order valence-electron chi connectivity index (χ3n) is 3.29. The highest BCUT2D eigenvalue weighted by Crippen LogP contribution is 2.25. The van der Waals surface area contributed by atoms with Crippen molar-refractivity contribution in [3.63, 3.8) is 0 Å². The van der Waals surface area contributed by atoms with Crippen LogP contribution in [-0.2, 0) is 0 Å². The molecule has 0 radical (unpaired) electrons. The lowest BCUT2D eigenvalue weighted by atomic mass is 10.1. The van der Waals surface area contributed by atoms with Gasteiger partial charge in [-0.2, -0.15) is 0 Å². The Morgan fingerprint density at radius 1 is 1.00 bits per heavy atom. The van der Waals surface area contributed by atoms with Crippen molar-refractivity contribution in [2.75, 3.05) is 0 Å². The molecule has 0 atom stereocenters. The highest BCUT2D eigenvalue weighted by molar-refractivity contribution is 5.82. The highest BCUT2D eigenvalue weighted by Gasteiger charge is 2.09. The molecular weight excluding hydrogens is 255 g/mol. The average Bonchev–Trinajstić information content (AvgIpc) is 2.40. The molecule has 0 N–H and O–H groups in total. The second-order valence-corrected chi connectivity index (χ2v) is 4.94. The van der Waals surface area contributed by atoms with Crippen LogP contribution in [0.4, 0.5) is 4.39 Å². The number of hydrogen-bond donors (Lipinski definition) is 0. The summed E-state index contributed by atoms with van der Waals surface area (Å²) in [5.41, 5.74) is 3.13. The van der Waals surface area contributed by atoms with Crippen molar-refractivity contribution in [1.29, 1.82) is 0 Å². The predicted octanol–water partition coefficient (Wildman–Crippen LogP) is 4.22. The number of benzene rings is 2. The molecule has 1 heterocycles. The van der Waals surface area contributed by atoms with E-state index in [9.17, 15) is 9.18 Å². The lowest BCUT2D eigenvalue weighted by molar-refractivity contribution is 0.613. The quantitative estimate of drug-likeness (QED) is 0.661. The molecule has 0 fully saturated rings. The van der Waals surface area contributed by atoms with E-state index in [1.165, 1.54) is 18.2 Å². The molecule has 3 heteroatoms. The van der Waals surface area contributed by atoms with Crippen LogP contribution in [0.1, 0.15) is 11.1 Å². The van der Waals surface area contributed by atoms with Crippen LogP contribution in [0.5, 0.6) is 0 Å². The zero-order chi connectivity index (χ0) is 14.3. The SMILES string of the molecule is Cc1cc(C)c2oc(-c3ccc(F)cc3)cc(=O)c2c1. The minimum Gasteiger partial charge on any atom is -0.456 e. The smallest absolute Gasteiger partial charge is 0.193 e. The first-order chi connectivity index (χ1) is 9.54. The van der Waals surface area contributed by atoms with Crippen LogP contribution in [0, 0.1) is 19.7 Å². The van der Waals surface area contributed by atoms with E-state index in [2.05, 4.69) is 0 Å². The van der Waals surface area contributed by atoms with Crippen LogP contribution in [-0.4, -0.2) is 0 Å². The van der Waals surface area contributed by atoms with E-state index in [0.29, 0.717) is 22.3 Å². The Bertz CT molecular complexity index is 845. The zero-order valence-corrected chi connectivity index (χ0v) is 11.2. The molecule has 1 aromatic heterocycles. The molecule has 2 aromatic carbocycles. The lowest BCUT2D eigenvalue weighted by Gasteiger charge is -2.06. The molecule has 0 saturated heterocycles. The largest absolute Gasteiger partial charge is 0.456 e. The first kappa shape index (κ1) is 12.6.